The Labute approximate surface area is 195 Å². The van der Waals surface area contributed by atoms with Crippen molar-refractivity contribution in [1.82, 2.24) is 9.55 Å². The molecule has 1 fully saturated rings. The molecule has 1 aromatic heterocycles. The van der Waals surface area contributed by atoms with Crippen molar-refractivity contribution in [1.29, 1.82) is 0 Å². The summed E-state index contributed by atoms with van der Waals surface area (Å²) < 4.78 is 12.1. The van der Waals surface area contributed by atoms with Crippen LogP contribution in [0.5, 0.6) is 0 Å². The summed E-state index contributed by atoms with van der Waals surface area (Å²) in [5.41, 5.74) is -1.00. The van der Waals surface area contributed by atoms with Crippen molar-refractivity contribution >= 4 is 5.97 Å². The van der Waals surface area contributed by atoms with Crippen LogP contribution < -0.4 is 11.2 Å². The number of H-pyrrole nitrogens is 1. The summed E-state index contributed by atoms with van der Waals surface area (Å²) in [6, 6.07) is 0. The molecule has 0 amide bonds. The molecule has 33 heavy (non-hydrogen) atoms. The molecule has 0 bridgehead atoms. The number of nitrogens with one attached hydrogen (secondary N) is 1. The number of aliphatic hydroxyl groups is 2. The van der Waals surface area contributed by atoms with Gasteiger partial charge < -0.3 is 19.7 Å². The van der Waals surface area contributed by atoms with Gasteiger partial charge in [-0.1, -0.05) is 71.1 Å². The second kappa shape index (κ2) is 14.3. The second-order valence-corrected chi connectivity index (χ2v) is 8.96. The number of aryl methyl sites for hydroxylation is 1. The number of esters is 1. The molecule has 9 heteroatoms. The van der Waals surface area contributed by atoms with E-state index in [2.05, 4.69) is 11.9 Å². The molecule has 4 unspecified atom stereocenters. The minimum Gasteiger partial charge on any atom is -0.455 e. The van der Waals surface area contributed by atoms with Crippen LogP contribution in [0.1, 0.15) is 95.8 Å². The van der Waals surface area contributed by atoms with Crippen LogP contribution in [-0.4, -0.2) is 50.7 Å². The Kier molecular flexibility index (Phi) is 11.8. The minimum absolute atomic E-state index is 0.205. The fourth-order valence-corrected chi connectivity index (χ4v) is 4.14. The number of aromatic nitrogens is 2. The summed E-state index contributed by atoms with van der Waals surface area (Å²) in [6.45, 7) is 3.25. The Morgan fingerprint density at radius 1 is 1.06 bits per heavy atom. The molecule has 1 saturated heterocycles. The van der Waals surface area contributed by atoms with E-state index in [1.54, 1.807) is 0 Å². The van der Waals surface area contributed by atoms with Crippen LogP contribution in [0.2, 0.25) is 0 Å². The van der Waals surface area contributed by atoms with Crippen LogP contribution in [0.25, 0.3) is 0 Å². The zero-order chi connectivity index (χ0) is 24.2. The third-order valence-electron chi connectivity index (χ3n) is 6.16. The van der Waals surface area contributed by atoms with Crippen LogP contribution >= 0.6 is 0 Å². The Morgan fingerprint density at radius 3 is 2.21 bits per heavy atom. The van der Waals surface area contributed by atoms with Gasteiger partial charge in [0.1, 0.15) is 12.2 Å². The van der Waals surface area contributed by atoms with Gasteiger partial charge >= 0.3 is 11.7 Å². The Hall–Kier alpha value is -1.97. The van der Waals surface area contributed by atoms with E-state index in [0.717, 1.165) is 23.8 Å². The van der Waals surface area contributed by atoms with Gasteiger partial charge in [-0.2, -0.15) is 0 Å². The van der Waals surface area contributed by atoms with Crippen molar-refractivity contribution in [3.05, 3.63) is 32.6 Å². The van der Waals surface area contributed by atoms with Gasteiger partial charge in [0.25, 0.3) is 5.56 Å². The van der Waals surface area contributed by atoms with Crippen molar-refractivity contribution in [3.8, 4) is 0 Å². The summed E-state index contributed by atoms with van der Waals surface area (Å²) >= 11 is 0. The van der Waals surface area contributed by atoms with Crippen molar-refractivity contribution in [2.45, 2.75) is 115 Å². The van der Waals surface area contributed by atoms with E-state index in [4.69, 9.17) is 9.47 Å². The first-order valence-corrected chi connectivity index (χ1v) is 12.3. The standard InChI is InChI=1S/C24H40N2O7/c1-3-4-5-6-7-8-9-10-11-12-13-14-19(28)33-21-20(29)18(16-27)32-23(21)26-15-17(2)22(30)25-24(26)31/h15,18,20-21,23,27,29H,3-14,16H2,1-2H3,(H,25,30,31). The summed E-state index contributed by atoms with van der Waals surface area (Å²) in [5.74, 6) is -0.489. The highest BCUT2D eigenvalue weighted by atomic mass is 16.6. The van der Waals surface area contributed by atoms with Crippen LogP contribution in [0.4, 0.5) is 0 Å². The lowest BCUT2D eigenvalue weighted by Gasteiger charge is -2.22. The predicted molar refractivity (Wildman–Crippen MR) is 124 cm³/mol. The van der Waals surface area contributed by atoms with E-state index in [1.165, 1.54) is 58.1 Å². The van der Waals surface area contributed by atoms with Crippen molar-refractivity contribution < 1.29 is 24.5 Å². The van der Waals surface area contributed by atoms with Gasteiger partial charge in [-0.25, -0.2) is 4.79 Å². The number of nitrogens with zero attached hydrogens (tertiary/aromatic N) is 1. The number of hydrogen-bond acceptors (Lipinski definition) is 7. The Bertz CT molecular complexity index is 835. The number of hydrogen-bond donors (Lipinski definition) is 3. The first-order chi connectivity index (χ1) is 15.9. The molecule has 1 aromatic rings. The van der Waals surface area contributed by atoms with Crippen LogP contribution in [-0.2, 0) is 14.3 Å². The van der Waals surface area contributed by atoms with Gasteiger partial charge in [0.15, 0.2) is 12.3 Å². The van der Waals surface area contributed by atoms with Gasteiger partial charge in [-0.05, 0) is 13.3 Å². The Morgan fingerprint density at radius 2 is 1.64 bits per heavy atom. The highest BCUT2D eigenvalue weighted by Crippen LogP contribution is 2.31. The molecule has 1 aliphatic rings. The monoisotopic (exact) mass is 468 g/mol. The molecule has 2 rings (SSSR count). The van der Waals surface area contributed by atoms with Gasteiger partial charge in [0, 0.05) is 18.2 Å². The summed E-state index contributed by atoms with van der Waals surface area (Å²) in [5, 5.41) is 19.9. The molecule has 2 heterocycles. The molecule has 0 aromatic carbocycles. The quantitative estimate of drug-likeness (QED) is 0.266. The Balaban J connectivity index is 1.78. The normalized spacial score (nSPS) is 22.5. The molecule has 9 nitrogen and oxygen atoms in total. The number of ether oxygens (including phenoxy) is 2. The number of aromatic amines is 1. The third-order valence-corrected chi connectivity index (χ3v) is 6.16. The molecular formula is C24H40N2O7. The maximum atomic E-state index is 12.4. The molecule has 4 atom stereocenters. The summed E-state index contributed by atoms with van der Waals surface area (Å²) in [4.78, 5) is 38.4. The number of carbonyl (C=O) groups excluding carboxylic acids is 1. The lowest BCUT2D eigenvalue weighted by Crippen LogP contribution is -2.41. The smallest absolute Gasteiger partial charge is 0.330 e. The van der Waals surface area contributed by atoms with Crippen LogP contribution in [0.3, 0.4) is 0 Å². The zero-order valence-corrected chi connectivity index (χ0v) is 20.0. The molecule has 0 radical (unpaired) electrons. The molecule has 188 valence electrons. The lowest BCUT2D eigenvalue weighted by molar-refractivity contribution is -0.159. The summed E-state index contributed by atoms with van der Waals surface area (Å²) in [7, 11) is 0. The van der Waals surface area contributed by atoms with Gasteiger partial charge in [0.2, 0.25) is 0 Å². The molecular weight excluding hydrogens is 428 g/mol. The first kappa shape index (κ1) is 27.3. The average molecular weight is 469 g/mol. The van der Waals surface area contributed by atoms with Crippen LogP contribution in [0.15, 0.2) is 15.8 Å². The van der Waals surface area contributed by atoms with Gasteiger partial charge in [-0.3, -0.25) is 19.1 Å². The van der Waals surface area contributed by atoms with E-state index in [9.17, 15) is 24.6 Å². The second-order valence-electron chi connectivity index (χ2n) is 8.96. The van der Waals surface area contributed by atoms with E-state index in [0.29, 0.717) is 6.42 Å². The lowest BCUT2D eigenvalue weighted by atomic mass is 10.1. The molecule has 3 N–H and O–H groups in total. The fourth-order valence-electron chi connectivity index (χ4n) is 4.14. The molecule has 0 saturated carbocycles. The number of carbonyl (C=O) groups is 1. The number of rotatable bonds is 15. The SMILES string of the molecule is CCCCCCCCCCCCCC(=O)OC1C(O)C(CO)OC1n1cc(C)c(=O)[nH]c1=O. The maximum Gasteiger partial charge on any atom is 0.330 e. The summed E-state index contributed by atoms with van der Waals surface area (Å²) in [6.07, 6.45) is 9.77. The molecule has 1 aliphatic heterocycles. The van der Waals surface area contributed by atoms with Crippen LogP contribution in [0, 0.1) is 6.92 Å². The molecule has 0 aliphatic carbocycles. The van der Waals surface area contributed by atoms with E-state index < -0.39 is 48.4 Å². The zero-order valence-electron chi connectivity index (χ0n) is 20.0. The third kappa shape index (κ3) is 8.39. The van der Waals surface area contributed by atoms with Crippen molar-refractivity contribution in [2.24, 2.45) is 0 Å². The van der Waals surface area contributed by atoms with Crippen molar-refractivity contribution in [2.75, 3.05) is 6.61 Å². The van der Waals surface area contributed by atoms with E-state index >= 15 is 0 Å². The number of aliphatic hydroxyl groups excluding tert-OH is 2. The van der Waals surface area contributed by atoms with Gasteiger partial charge in [-0.15, -0.1) is 0 Å². The number of unbranched alkanes of at least 4 members (excludes halogenated alkanes) is 10. The topological polar surface area (TPSA) is 131 Å². The predicted octanol–water partition coefficient (Wildman–Crippen LogP) is 2.71. The van der Waals surface area contributed by atoms with E-state index in [1.807, 2.05) is 0 Å². The molecule has 0 spiro atoms. The van der Waals surface area contributed by atoms with Crippen molar-refractivity contribution in [3.63, 3.8) is 0 Å². The van der Waals surface area contributed by atoms with Gasteiger partial charge in [0.05, 0.1) is 6.61 Å². The minimum atomic E-state index is -1.29. The average Bonchev–Trinajstić information content (AvgIpc) is 3.09. The highest BCUT2D eigenvalue weighted by molar-refractivity contribution is 5.69. The highest BCUT2D eigenvalue weighted by Gasteiger charge is 2.47. The van der Waals surface area contributed by atoms with E-state index in [-0.39, 0.29) is 12.0 Å². The fraction of sp³-hybridized carbons (Fsp3) is 0.792. The maximum absolute atomic E-state index is 12.4. The first-order valence-electron chi connectivity index (χ1n) is 12.3. The largest absolute Gasteiger partial charge is 0.455 e.